The number of anilines is 1. The standard InChI is InChI=1S/C22H20N4O3S/c1-26-18-16(8-5-11-23-18)29-13-15(21(26)28)25-19(27)20-24-12-17(30-20)22(9-10-22)14-6-3-2-4-7-14/h2-8,11-12,15H,9-10,13H2,1H3,(H,25,27)/t15-/m0/s1. The molecule has 0 radical (unpaired) electrons. The number of pyridine rings is 1. The maximum absolute atomic E-state index is 12.8. The highest BCUT2D eigenvalue weighted by Crippen LogP contribution is 2.54. The van der Waals surface area contributed by atoms with Crippen LogP contribution >= 0.6 is 11.3 Å². The summed E-state index contributed by atoms with van der Waals surface area (Å²) in [6.45, 7) is 0.0415. The maximum Gasteiger partial charge on any atom is 0.281 e. The molecule has 3 heterocycles. The van der Waals surface area contributed by atoms with Crippen molar-refractivity contribution in [3.8, 4) is 5.75 Å². The average molecular weight is 420 g/mol. The third-order valence-corrected chi connectivity index (χ3v) is 6.86. The van der Waals surface area contributed by atoms with Gasteiger partial charge in [-0.2, -0.15) is 0 Å². The zero-order chi connectivity index (χ0) is 20.7. The fourth-order valence-electron chi connectivity index (χ4n) is 3.81. The second-order valence-electron chi connectivity index (χ2n) is 7.54. The van der Waals surface area contributed by atoms with E-state index in [1.807, 2.05) is 18.2 Å². The predicted molar refractivity (Wildman–Crippen MR) is 113 cm³/mol. The molecule has 1 atom stereocenters. The molecule has 152 valence electrons. The van der Waals surface area contributed by atoms with E-state index in [9.17, 15) is 9.59 Å². The van der Waals surface area contributed by atoms with Gasteiger partial charge in [-0.3, -0.25) is 14.5 Å². The van der Waals surface area contributed by atoms with Gasteiger partial charge in [0.15, 0.2) is 16.6 Å². The van der Waals surface area contributed by atoms with E-state index in [2.05, 4.69) is 27.4 Å². The number of rotatable bonds is 4. The molecule has 3 aromatic rings. The normalized spacial score (nSPS) is 19.4. The molecular weight excluding hydrogens is 400 g/mol. The molecule has 1 aliphatic carbocycles. The molecule has 30 heavy (non-hydrogen) atoms. The molecule has 0 unspecified atom stereocenters. The van der Waals surface area contributed by atoms with E-state index in [1.54, 1.807) is 31.6 Å². The first kappa shape index (κ1) is 18.7. The van der Waals surface area contributed by atoms with Gasteiger partial charge in [-0.15, -0.1) is 11.3 Å². The van der Waals surface area contributed by atoms with Crippen molar-refractivity contribution in [2.24, 2.45) is 0 Å². The minimum Gasteiger partial charge on any atom is -0.487 e. The zero-order valence-electron chi connectivity index (χ0n) is 16.4. The second-order valence-corrected chi connectivity index (χ2v) is 8.57. The number of carbonyl (C=O) groups excluding carboxylic acids is 2. The number of likely N-dealkylation sites (N-methyl/N-ethyl adjacent to an activating group) is 1. The molecule has 2 aliphatic rings. The first-order valence-electron chi connectivity index (χ1n) is 9.76. The number of thiazole rings is 1. The van der Waals surface area contributed by atoms with Crippen LogP contribution in [0.15, 0.2) is 54.9 Å². The van der Waals surface area contributed by atoms with Gasteiger partial charge in [0.2, 0.25) is 0 Å². The molecule has 8 heteroatoms. The molecule has 0 spiro atoms. The van der Waals surface area contributed by atoms with Crippen LogP contribution in [0.5, 0.6) is 5.75 Å². The Morgan fingerprint density at radius 1 is 1.20 bits per heavy atom. The van der Waals surface area contributed by atoms with Gasteiger partial charge in [-0.05, 0) is 30.5 Å². The SMILES string of the molecule is CN1C(=O)[C@@H](NC(=O)c2ncc(C3(c4ccccc4)CC3)s2)COc2cccnc21. The number of nitrogens with one attached hydrogen (secondary N) is 1. The number of fused-ring (bicyclic) bond motifs is 1. The van der Waals surface area contributed by atoms with E-state index in [4.69, 9.17) is 4.74 Å². The lowest BCUT2D eigenvalue weighted by atomic mass is 9.95. The van der Waals surface area contributed by atoms with Gasteiger partial charge in [-0.25, -0.2) is 9.97 Å². The summed E-state index contributed by atoms with van der Waals surface area (Å²) >= 11 is 1.39. The van der Waals surface area contributed by atoms with Crippen LogP contribution in [0.25, 0.3) is 0 Å². The van der Waals surface area contributed by atoms with Gasteiger partial charge >= 0.3 is 0 Å². The van der Waals surface area contributed by atoms with Crippen molar-refractivity contribution in [2.45, 2.75) is 24.3 Å². The van der Waals surface area contributed by atoms with E-state index in [0.29, 0.717) is 16.6 Å². The largest absolute Gasteiger partial charge is 0.487 e. The number of nitrogens with zero attached hydrogens (tertiary/aromatic N) is 3. The van der Waals surface area contributed by atoms with Crippen LogP contribution in [0.4, 0.5) is 5.82 Å². The highest BCUT2D eigenvalue weighted by molar-refractivity contribution is 7.13. The summed E-state index contributed by atoms with van der Waals surface area (Å²) in [5.74, 6) is 0.305. The van der Waals surface area contributed by atoms with Crippen LogP contribution < -0.4 is 15.0 Å². The first-order valence-corrected chi connectivity index (χ1v) is 10.6. The molecule has 7 nitrogen and oxygen atoms in total. The minimum absolute atomic E-state index is 0.0355. The monoisotopic (exact) mass is 420 g/mol. The van der Waals surface area contributed by atoms with Crippen LogP contribution in [-0.4, -0.2) is 41.5 Å². The average Bonchev–Trinajstić information content (AvgIpc) is 3.47. The Labute approximate surface area is 177 Å². The van der Waals surface area contributed by atoms with Crippen LogP contribution in [0.2, 0.25) is 0 Å². The smallest absolute Gasteiger partial charge is 0.281 e. The van der Waals surface area contributed by atoms with Crippen molar-refractivity contribution in [3.63, 3.8) is 0 Å². The number of amides is 2. The number of carbonyl (C=O) groups is 2. The van der Waals surface area contributed by atoms with E-state index in [1.165, 1.54) is 21.8 Å². The van der Waals surface area contributed by atoms with Crippen molar-refractivity contribution in [3.05, 3.63) is 70.3 Å². The van der Waals surface area contributed by atoms with Crippen molar-refractivity contribution >= 4 is 29.0 Å². The first-order chi connectivity index (χ1) is 14.6. The number of aromatic nitrogens is 2. The summed E-state index contributed by atoms with van der Waals surface area (Å²) < 4.78 is 5.71. The fraction of sp³-hybridized carbons (Fsp3) is 0.273. The van der Waals surface area contributed by atoms with Gasteiger partial charge in [-0.1, -0.05) is 30.3 Å². The highest BCUT2D eigenvalue weighted by atomic mass is 32.1. The Morgan fingerprint density at radius 2 is 2.00 bits per heavy atom. The number of hydrogen-bond acceptors (Lipinski definition) is 6. The lowest BCUT2D eigenvalue weighted by Gasteiger charge is -2.19. The maximum atomic E-state index is 12.8. The van der Waals surface area contributed by atoms with Gasteiger partial charge in [0, 0.05) is 29.7 Å². The Balaban J connectivity index is 1.33. The molecule has 2 amide bonds. The van der Waals surface area contributed by atoms with Crippen LogP contribution in [0.1, 0.15) is 33.1 Å². The minimum atomic E-state index is -0.812. The van der Waals surface area contributed by atoms with Crippen LogP contribution in [0.3, 0.4) is 0 Å². The molecule has 1 fully saturated rings. The quantitative estimate of drug-likeness (QED) is 0.702. The van der Waals surface area contributed by atoms with Crippen molar-refractivity contribution in [1.82, 2.24) is 15.3 Å². The van der Waals surface area contributed by atoms with E-state index in [-0.39, 0.29) is 23.8 Å². The predicted octanol–water partition coefficient (Wildman–Crippen LogP) is 2.77. The molecule has 1 saturated carbocycles. The Bertz CT molecular complexity index is 1110. The van der Waals surface area contributed by atoms with Gasteiger partial charge in [0.05, 0.1) is 0 Å². The van der Waals surface area contributed by atoms with E-state index >= 15 is 0 Å². The van der Waals surface area contributed by atoms with Crippen molar-refractivity contribution < 1.29 is 14.3 Å². The van der Waals surface area contributed by atoms with Gasteiger partial charge in [0.1, 0.15) is 12.6 Å². The molecule has 0 saturated heterocycles. The number of ether oxygens (including phenoxy) is 1. The van der Waals surface area contributed by atoms with Crippen molar-refractivity contribution in [1.29, 1.82) is 0 Å². The number of hydrogen-bond donors (Lipinski definition) is 1. The summed E-state index contributed by atoms with van der Waals surface area (Å²) in [5.41, 5.74) is 1.21. The lowest BCUT2D eigenvalue weighted by molar-refractivity contribution is -0.120. The summed E-state index contributed by atoms with van der Waals surface area (Å²) in [6.07, 6.45) is 5.48. The zero-order valence-corrected chi connectivity index (χ0v) is 17.2. The second kappa shape index (κ2) is 7.21. The van der Waals surface area contributed by atoms with E-state index < -0.39 is 6.04 Å². The summed E-state index contributed by atoms with van der Waals surface area (Å²) in [5, 5.41) is 3.13. The molecule has 1 N–H and O–H groups in total. The third-order valence-electron chi connectivity index (χ3n) is 5.66. The Morgan fingerprint density at radius 3 is 2.77 bits per heavy atom. The summed E-state index contributed by atoms with van der Waals surface area (Å²) in [7, 11) is 1.63. The lowest BCUT2D eigenvalue weighted by Crippen LogP contribution is -2.49. The van der Waals surface area contributed by atoms with E-state index in [0.717, 1.165) is 17.7 Å². The molecule has 5 rings (SSSR count). The Kier molecular flexibility index (Phi) is 4.51. The third kappa shape index (κ3) is 3.13. The van der Waals surface area contributed by atoms with Gasteiger partial charge < -0.3 is 10.1 Å². The van der Waals surface area contributed by atoms with Crippen LogP contribution in [0, 0.1) is 0 Å². The molecule has 1 aliphatic heterocycles. The Hall–Kier alpha value is -3.26. The number of benzene rings is 1. The highest BCUT2D eigenvalue weighted by Gasteiger charge is 2.47. The molecule has 0 bridgehead atoms. The summed E-state index contributed by atoms with van der Waals surface area (Å²) in [6, 6.07) is 13.0. The van der Waals surface area contributed by atoms with Crippen molar-refractivity contribution in [2.75, 3.05) is 18.6 Å². The van der Waals surface area contributed by atoms with Crippen LogP contribution in [-0.2, 0) is 10.2 Å². The van der Waals surface area contributed by atoms with Gasteiger partial charge in [0.25, 0.3) is 11.8 Å². The topological polar surface area (TPSA) is 84.4 Å². The summed E-state index contributed by atoms with van der Waals surface area (Å²) in [4.78, 5) is 36.7. The molecular formula is C22H20N4O3S. The molecule has 2 aromatic heterocycles. The fourth-order valence-corrected chi connectivity index (χ4v) is 4.90. The molecule has 1 aromatic carbocycles.